The topological polar surface area (TPSA) is 0 Å². The summed E-state index contributed by atoms with van der Waals surface area (Å²) < 4.78 is -1.56. The molecule has 18 heavy (non-hydrogen) atoms. The van der Waals surface area contributed by atoms with Crippen LogP contribution < -0.4 is 10.4 Å². The third kappa shape index (κ3) is 2.50. The Bertz CT molecular complexity index is 460. The number of rotatable bonds is 2. The standard InChI is InChI=1S/C16H19Si.Na/c1-16(2,3)17(14-10-6-4-7-11-14)15-12-8-5-9-13-15;/h4-13H,1-3H3;. The molecule has 2 rings (SSSR count). The second-order valence-corrected chi connectivity index (χ2v) is 15.5. The van der Waals surface area contributed by atoms with E-state index in [9.17, 15) is 0 Å². The Morgan fingerprint density at radius 2 is 1.06 bits per heavy atom. The van der Waals surface area contributed by atoms with Gasteiger partial charge in [-0.25, -0.2) is 0 Å². The molecule has 0 fully saturated rings. The molecule has 2 aromatic carbocycles. The zero-order valence-electron chi connectivity index (χ0n) is 11.8. The average Bonchev–Trinajstić information content (AvgIpc) is 2.38. The first kappa shape index (κ1) is 14.1. The van der Waals surface area contributed by atoms with Crippen molar-refractivity contribution in [1.82, 2.24) is 0 Å². The monoisotopic (exact) mass is 262 g/mol. The SMILES string of the molecule is CC(C)(C)[Si]([Na])(c1ccccc1)c1ccccc1. The van der Waals surface area contributed by atoms with E-state index in [0.717, 1.165) is 0 Å². The Balaban J connectivity index is 2.63. The van der Waals surface area contributed by atoms with Gasteiger partial charge in [0, 0.05) is 0 Å². The number of hydrogen-bond donors (Lipinski definition) is 0. The summed E-state index contributed by atoms with van der Waals surface area (Å²) in [4.78, 5) is 0. The fraction of sp³-hybridized carbons (Fsp3) is 0.250. The van der Waals surface area contributed by atoms with Crippen molar-refractivity contribution >= 4 is 42.0 Å². The number of benzene rings is 2. The summed E-state index contributed by atoms with van der Waals surface area (Å²) in [5.74, 6) is 0. The minimum atomic E-state index is -1.56. The molecular weight excluding hydrogens is 243 g/mol. The predicted molar refractivity (Wildman–Crippen MR) is 83.4 cm³/mol. The van der Waals surface area contributed by atoms with Gasteiger partial charge in [0.25, 0.3) is 0 Å². The van der Waals surface area contributed by atoms with Crippen LogP contribution in [0, 0.1) is 0 Å². The first-order valence-electron chi connectivity index (χ1n) is 6.57. The van der Waals surface area contributed by atoms with Gasteiger partial charge in [-0.05, 0) is 0 Å². The van der Waals surface area contributed by atoms with Crippen molar-refractivity contribution in [2.75, 3.05) is 0 Å². The third-order valence-electron chi connectivity index (χ3n) is 4.20. The molecule has 2 heteroatoms. The van der Waals surface area contributed by atoms with Crippen LogP contribution in [-0.4, -0.2) is 31.7 Å². The van der Waals surface area contributed by atoms with Gasteiger partial charge in [-0.1, -0.05) is 0 Å². The van der Waals surface area contributed by atoms with Crippen molar-refractivity contribution in [3.8, 4) is 0 Å². The third-order valence-corrected chi connectivity index (χ3v) is 18.1. The molecule has 0 saturated heterocycles. The van der Waals surface area contributed by atoms with E-state index in [0.29, 0.717) is 5.04 Å². The zero-order valence-corrected chi connectivity index (χ0v) is 14.8. The van der Waals surface area contributed by atoms with E-state index >= 15 is 0 Å². The molecule has 0 aromatic heterocycles. The van der Waals surface area contributed by atoms with E-state index in [1.54, 1.807) is 10.4 Å². The first-order valence-corrected chi connectivity index (χ1v) is 12.1. The van der Waals surface area contributed by atoms with Gasteiger partial charge >= 0.3 is 129 Å². The minimum absolute atomic E-state index is 0.363. The second-order valence-electron chi connectivity index (χ2n) is 6.11. The Morgan fingerprint density at radius 3 is 1.33 bits per heavy atom. The van der Waals surface area contributed by atoms with Gasteiger partial charge in [0.2, 0.25) is 0 Å². The summed E-state index contributed by atoms with van der Waals surface area (Å²) in [6.45, 7) is 7.23. The van der Waals surface area contributed by atoms with Crippen molar-refractivity contribution in [2.24, 2.45) is 0 Å². The van der Waals surface area contributed by atoms with Gasteiger partial charge in [-0.2, -0.15) is 0 Å². The van der Waals surface area contributed by atoms with Gasteiger partial charge in [0.15, 0.2) is 0 Å². The first-order chi connectivity index (χ1) is 8.46. The molecule has 0 aliphatic heterocycles. The van der Waals surface area contributed by atoms with Crippen LogP contribution in [0.15, 0.2) is 60.7 Å². The van der Waals surface area contributed by atoms with Crippen LogP contribution in [0.25, 0.3) is 0 Å². The molecule has 0 unspecified atom stereocenters. The molecule has 88 valence electrons. The van der Waals surface area contributed by atoms with Gasteiger partial charge in [-0.3, -0.25) is 0 Å². The molecule has 0 spiro atoms. The van der Waals surface area contributed by atoms with Gasteiger partial charge < -0.3 is 0 Å². The molecule has 0 nitrogen and oxygen atoms in total. The van der Waals surface area contributed by atoms with E-state index < -0.39 is 4.63 Å². The summed E-state index contributed by atoms with van der Waals surface area (Å²) in [6, 6.07) is 22.3. The van der Waals surface area contributed by atoms with Crippen molar-refractivity contribution in [1.29, 1.82) is 0 Å². The molecule has 0 atom stereocenters. The van der Waals surface area contributed by atoms with E-state index in [4.69, 9.17) is 0 Å². The number of hydrogen-bond acceptors (Lipinski definition) is 0. The maximum atomic E-state index is 2.41. The van der Waals surface area contributed by atoms with Gasteiger partial charge in [0.05, 0.1) is 0 Å². The molecule has 0 N–H and O–H groups in total. The Hall–Kier alpha value is -0.343. The quantitative estimate of drug-likeness (QED) is 0.730. The predicted octanol–water partition coefficient (Wildman–Crippen LogP) is 2.71. The molecule has 0 saturated carbocycles. The zero-order chi connectivity index (χ0) is 13.2. The normalized spacial score (nSPS) is 12.5. The van der Waals surface area contributed by atoms with Crippen molar-refractivity contribution in [3.05, 3.63) is 60.7 Å². The van der Waals surface area contributed by atoms with Crippen molar-refractivity contribution in [2.45, 2.75) is 25.8 Å². The molecule has 0 radical (unpaired) electrons. The van der Waals surface area contributed by atoms with Crippen LogP contribution in [0.5, 0.6) is 0 Å². The van der Waals surface area contributed by atoms with Crippen LogP contribution in [0.2, 0.25) is 5.04 Å². The molecule has 0 aliphatic rings. The van der Waals surface area contributed by atoms with Crippen LogP contribution in [0.4, 0.5) is 0 Å². The van der Waals surface area contributed by atoms with Crippen LogP contribution in [0.3, 0.4) is 0 Å². The van der Waals surface area contributed by atoms with E-state index in [1.165, 1.54) is 27.0 Å². The Labute approximate surface area is 128 Å². The second kappa shape index (κ2) is 5.34. The summed E-state index contributed by atoms with van der Waals surface area (Å²) in [5.41, 5.74) is 0. The van der Waals surface area contributed by atoms with Crippen molar-refractivity contribution < 1.29 is 0 Å². The van der Waals surface area contributed by atoms with Gasteiger partial charge in [0.1, 0.15) is 0 Å². The molecule has 0 bridgehead atoms. The van der Waals surface area contributed by atoms with Crippen LogP contribution in [0.1, 0.15) is 20.8 Å². The fourth-order valence-corrected chi connectivity index (χ4v) is 8.36. The summed E-state index contributed by atoms with van der Waals surface area (Å²) in [6.07, 6.45) is 0. The molecule has 0 aliphatic carbocycles. The van der Waals surface area contributed by atoms with E-state index in [2.05, 4.69) is 81.4 Å². The molecule has 0 heterocycles. The summed E-state index contributed by atoms with van der Waals surface area (Å²) in [5, 5.41) is 3.52. The van der Waals surface area contributed by atoms with E-state index in [1.807, 2.05) is 0 Å². The molecule has 0 amide bonds. The Kier molecular flexibility index (Phi) is 4.17. The van der Waals surface area contributed by atoms with Crippen LogP contribution >= 0.6 is 0 Å². The molecule has 2 aromatic rings. The van der Waals surface area contributed by atoms with Crippen LogP contribution in [-0.2, 0) is 0 Å². The molecular formula is C16H19NaSi. The maximum absolute atomic E-state index is 2.41. The van der Waals surface area contributed by atoms with Crippen molar-refractivity contribution in [3.63, 3.8) is 0 Å². The average molecular weight is 262 g/mol. The fourth-order valence-electron chi connectivity index (χ4n) is 2.58. The van der Waals surface area contributed by atoms with E-state index in [-0.39, 0.29) is 0 Å². The Morgan fingerprint density at radius 1 is 0.722 bits per heavy atom. The van der Waals surface area contributed by atoms with Gasteiger partial charge in [-0.15, -0.1) is 0 Å². The summed E-state index contributed by atoms with van der Waals surface area (Å²) in [7, 11) is 0. The summed E-state index contributed by atoms with van der Waals surface area (Å²) >= 11 is 1.24.